The van der Waals surface area contributed by atoms with E-state index in [1.54, 1.807) is 12.1 Å². The van der Waals surface area contributed by atoms with Crippen LogP contribution < -0.4 is 5.32 Å². The van der Waals surface area contributed by atoms with E-state index in [0.29, 0.717) is 0 Å². The largest absolute Gasteiger partial charge is 0.349 e. The first-order chi connectivity index (χ1) is 10.9. The summed E-state index contributed by atoms with van der Waals surface area (Å²) in [6, 6.07) is 12.1. The molecule has 5 nitrogen and oxygen atoms in total. The van der Waals surface area contributed by atoms with Gasteiger partial charge in [-0.25, -0.2) is 0 Å². The molecule has 0 aliphatic heterocycles. The van der Waals surface area contributed by atoms with Gasteiger partial charge in [0.25, 0.3) is 5.69 Å². The fraction of sp³-hybridized carbons (Fsp3) is 0.278. The molecule has 0 heterocycles. The SMILES string of the molecule is Cc1ccc(C)c(C(C)NC(=O)Cc2ccc([N+](=O)[O-])cc2)c1. The molecular weight excluding hydrogens is 292 g/mol. The van der Waals surface area contributed by atoms with Crippen LogP contribution in [-0.4, -0.2) is 10.8 Å². The first-order valence-electron chi connectivity index (χ1n) is 7.46. The van der Waals surface area contributed by atoms with Crippen LogP contribution in [0.3, 0.4) is 0 Å². The number of carbonyl (C=O) groups is 1. The van der Waals surface area contributed by atoms with Crippen molar-refractivity contribution in [2.24, 2.45) is 0 Å². The number of hydrogen-bond donors (Lipinski definition) is 1. The van der Waals surface area contributed by atoms with Gasteiger partial charge in [-0.05, 0) is 37.5 Å². The molecule has 2 aromatic carbocycles. The molecule has 0 aromatic heterocycles. The summed E-state index contributed by atoms with van der Waals surface area (Å²) in [6.07, 6.45) is 0.202. The van der Waals surface area contributed by atoms with Crippen LogP contribution in [0.2, 0.25) is 0 Å². The summed E-state index contributed by atoms with van der Waals surface area (Å²) < 4.78 is 0. The molecule has 1 atom stereocenters. The molecule has 2 rings (SSSR count). The van der Waals surface area contributed by atoms with Crippen LogP contribution in [0.5, 0.6) is 0 Å². The van der Waals surface area contributed by atoms with Crippen molar-refractivity contribution in [3.05, 3.63) is 74.8 Å². The van der Waals surface area contributed by atoms with Crippen molar-refractivity contribution in [1.82, 2.24) is 5.32 Å². The van der Waals surface area contributed by atoms with Crippen LogP contribution in [0.4, 0.5) is 5.69 Å². The second-order valence-electron chi connectivity index (χ2n) is 5.75. The van der Waals surface area contributed by atoms with Crippen LogP contribution in [0.25, 0.3) is 0 Å². The molecule has 1 N–H and O–H groups in total. The third kappa shape index (κ3) is 4.39. The van der Waals surface area contributed by atoms with E-state index in [1.807, 2.05) is 32.9 Å². The first kappa shape index (κ1) is 16.7. The molecule has 0 saturated heterocycles. The number of carbonyl (C=O) groups excluding carboxylic acids is 1. The summed E-state index contributed by atoms with van der Waals surface area (Å²) >= 11 is 0. The highest BCUT2D eigenvalue weighted by Gasteiger charge is 2.13. The minimum absolute atomic E-state index is 0.0258. The van der Waals surface area contributed by atoms with Crippen molar-refractivity contribution in [3.8, 4) is 0 Å². The van der Waals surface area contributed by atoms with Gasteiger partial charge in [0.1, 0.15) is 0 Å². The fourth-order valence-corrected chi connectivity index (χ4v) is 2.52. The van der Waals surface area contributed by atoms with Crippen molar-refractivity contribution < 1.29 is 9.72 Å². The Hall–Kier alpha value is -2.69. The van der Waals surface area contributed by atoms with E-state index in [9.17, 15) is 14.9 Å². The number of nitro groups is 1. The normalized spacial score (nSPS) is 11.8. The topological polar surface area (TPSA) is 72.2 Å². The van der Waals surface area contributed by atoms with Gasteiger partial charge in [-0.15, -0.1) is 0 Å². The van der Waals surface area contributed by atoms with Crippen LogP contribution >= 0.6 is 0 Å². The molecule has 1 unspecified atom stereocenters. The lowest BCUT2D eigenvalue weighted by atomic mass is 9.99. The van der Waals surface area contributed by atoms with Crippen molar-refractivity contribution in [2.45, 2.75) is 33.2 Å². The van der Waals surface area contributed by atoms with Gasteiger partial charge in [-0.1, -0.05) is 35.9 Å². The van der Waals surface area contributed by atoms with E-state index in [0.717, 1.165) is 22.3 Å². The number of hydrogen-bond acceptors (Lipinski definition) is 3. The highest BCUT2D eigenvalue weighted by Crippen LogP contribution is 2.19. The van der Waals surface area contributed by atoms with Crippen LogP contribution in [-0.2, 0) is 11.2 Å². The Morgan fingerprint density at radius 2 is 1.83 bits per heavy atom. The predicted octanol–water partition coefficient (Wildman–Crippen LogP) is 3.63. The van der Waals surface area contributed by atoms with Crippen LogP contribution in [0.15, 0.2) is 42.5 Å². The number of non-ortho nitro benzene ring substituents is 1. The maximum Gasteiger partial charge on any atom is 0.269 e. The number of amides is 1. The lowest BCUT2D eigenvalue weighted by molar-refractivity contribution is -0.384. The predicted molar refractivity (Wildman–Crippen MR) is 89.3 cm³/mol. The van der Waals surface area contributed by atoms with E-state index in [4.69, 9.17) is 0 Å². The van der Waals surface area contributed by atoms with Crippen molar-refractivity contribution in [3.63, 3.8) is 0 Å². The van der Waals surface area contributed by atoms with Crippen molar-refractivity contribution in [2.75, 3.05) is 0 Å². The average Bonchev–Trinajstić information content (AvgIpc) is 2.50. The number of benzene rings is 2. The molecule has 0 fully saturated rings. The molecule has 0 radical (unpaired) electrons. The Bertz CT molecular complexity index is 724. The summed E-state index contributed by atoms with van der Waals surface area (Å²) in [5, 5.41) is 13.6. The van der Waals surface area contributed by atoms with Gasteiger partial charge in [-0.2, -0.15) is 0 Å². The minimum Gasteiger partial charge on any atom is -0.349 e. The maximum atomic E-state index is 12.2. The smallest absolute Gasteiger partial charge is 0.269 e. The van der Waals surface area contributed by atoms with Gasteiger partial charge in [0.2, 0.25) is 5.91 Å². The third-order valence-corrected chi connectivity index (χ3v) is 3.79. The van der Waals surface area contributed by atoms with Gasteiger partial charge < -0.3 is 5.32 Å². The number of aryl methyl sites for hydroxylation is 2. The summed E-state index contributed by atoms with van der Waals surface area (Å²) in [7, 11) is 0. The zero-order valence-electron chi connectivity index (χ0n) is 13.5. The molecule has 0 saturated carbocycles. The molecule has 0 aliphatic carbocycles. The Morgan fingerprint density at radius 1 is 1.17 bits per heavy atom. The number of nitrogens with zero attached hydrogens (tertiary/aromatic N) is 1. The quantitative estimate of drug-likeness (QED) is 0.677. The Morgan fingerprint density at radius 3 is 2.43 bits per heavy atom. The van der Waals surface area contributed by atoms with E-state index in [1.165, 1.54) is 12.1 Å². The molecule has 120 valence electrons. The van der Waals surface area contributed by atoms with Crippen molar-refractivity contribution >= 4 is 11.6 Å². The van der Waals surface area contributed by atoms with E-state index < -0.39 is 4.92 Å². The van der Waals surface area contributed by atoms with Crippen LogP contribution in [0.1, 0.15) is 35.2 Å². The molecule has 1 amide bonds. The van der Waals surface area contributed by atoms with Gasteiger partial charge in [0, 0.05) is 12.1 Å². The lowest BCUT2D eigenvalue weighted by Gasteiger charge is -2.17. The molecule has 0 aliphatic rings. The molecule has 2 aromatic rings. The summed E-state index contributed by atoms with van der Waals surface area (Å²) in [6.45, 7) is 6.00. The zero-order valence-corrected chi connectivity index (χ0v) is 13.5. The lowest BCUT2D eigenvalue weighted by Crippen LogP contribution is -2.28. The average molecular weight is 312 g/mol. The molecule has 0 bridgehead atoms. The Balaban J connectivity index is 2.01. The Kier molecular flexibility index (Phi) is 5.11. The first-order valence-corrected chi connectivity index (χ1v) is 7.46. The number of rotatable bonds is 5. The van der Waals surface area contributed by atoms with E-state index >= 15 is 0 Å². The maximum absolute atomic E-state index is 12.2. The molecular formula is C18H20N2O3. The fourth-order valence-electron chi connectivity index (χ4n) is 2.52. The van der Waals surface area contributed by atoms with Crippen molar-refractivity contribution in [1.29, 1.82) is 0 Å². The second-order valence-corrected chi connectivity index (χ2v) is 5.75. The molecule has 23 heavy (non-hydrogen) atoms. The summed E-state index contributed by atoms with van der Waals surface area (Å²) in [5.74, 6) is -0.104. The van der Waals surface area contributed by atoms with Gasteiger partial charge in [0.15, 0.2) is 0 Å². The highest BCUT2D eigenvalue weighted by atomic mass is 16.6. The second kappa shape index (κ2) is 7.05. The van der Waals surface area contributed by atoms with Gasteiger partial charge >= 0.3 is 0 Å². The molecule has 0 spiro atoms. The Labute approximate surface area is 135 Å². The molecule has 5 heteroatoms. The standard InChI is InChI=1S/C18H20N2O3/c1-12-4-5-13(2)17(10-12)14(3)19-18(21)11-15-6-8-16(9-7-15)20(22)23/h4-10,14H,11H2,1-3H3,(H,19,21). The summed E-state index contributed by atoms with van der Waals surface area (Å²) in [5.41, 5.74) is 4.17. The monoisotopic (exact) mass is 312 g/mol. The third-order valence-electron chi connectivity index (χ3n) is 3.79. The zero-order chi connectivity index (χ0) is 17.0. The highest BCUT2D eigenvalue weighted by molar-refractivity contribution is 5.79. The van der Waals surface area contributed by atoms with Gasteiger partial charge in [-0.3, -0.25) is 14.9 Å². The number of nitrogens with one attached hydrogen (secondary N) is 1. The number of nitro benzene ring substituents is 1. The van der Waals surface area contributed by atoms with E-state index in [-0.39, 0.29) is 24.1 Å². The summed E-state index contributed by atoms with van der Waals surface area (Å²) in [4.78, 5) is 22.3. The van der Waals surface area contributed by atoms with E-state index in [2.05, 4.69) is 11.4 Å². The minimum atomic E-state index is -0.452. The van der Waals surface area contributed by atoms with Crippen LogP contribution in [0, 0.1) is 24.0 Å². The van der Waals surface area contributed by atoms with Gasteiger partial charge in [0.05, 0.1) is 17.4 Å².